The number of aryl methyl sites for hydroxylation is 2. The quantitative estimate of drug-likeness (QED) is 0.903. The molecule has 0 bridgehead atoms. The van der Waals surface area contributed by atoms with E-state index in [0.29, 0.717) is 17.8 Å². The van der Waals surface area contributed by atoms with Crippen LogP contribution < -0.4 is 9.62 Å². The second kappa shape index (κ2) is 7.05. The molecule has 0 saturated heterocycles. The first-order chi connectivity index (χ1) is 11.2. The number of carbonyl (C=O) groups is 1. The van der Waals surface area contributed by atoms with Crippen molar-refractivity contribution in [3.63, 3.8) is 0 Å². The first-order valence-corrected chi connectivity index (χ1v) is 9.53. The predicted molar refractivity (Wildman–Crippen MR) is 98.2 cm³/mol. The van der Waals surface area contributed by atoms with Gasteiger partial charge >= 0.3 is 0 Å². The summed E-state index contributed by atoms with van der Waals surface area (Å²) in [6.07, 6.45) is 1.16. The Labute approximate surface area is 143 Å². The fourth-order valence-electron chi connectivity index (χ4n) is 2.54. The van der Waals surface area contributed by atoms with Crippen molar-refractivity contribution in [2.45, 2.75) is 20.8 Å². The highest BCUT2D eigenvalue weighted by molar-refractivity contribution is 7.92. The summed E-state index contributed by atoms with van der Waals surface area (Å²) in [5.41, 5.74) is 3.91. The van der Waals surface area contributed by atoms with Gasteiger partial charge in [-0.25, -0.2) is 8.42 Å². The number of benzene rings is 2. The number of hydrogen-bond acceptors (Lipinski definition) is 3. The van der Waals surface area contributed by atoms with Crippen LogP contribution in [0.25, 0.3) is 0 Å². The van der Waals surface area contributed by atoms with Crippen molar-refractivity contribution >= 4 is 27.3 Å². The molecule has 0 spiro atoms. The van der Waals surface area contributed by atoms with E-state index in [1.54, 1.807) is 31.2 Å². The van der Waals surface area contributed by atoms with Crippen LogP contribution in [0.1, 0.15) is 28.4 Å². The van der Waals surface area contributed by atoms with E-state index in [4.69, 9.17) is 0 Å². The van der Waals surface area contributed by atoms with Crippen molar-refractivity contribution in [2.75, 3.05) is 22.4 Å². The van der Waals surface area contributed by atoms with E-state index >= 15 is 0 Å². The van der Waals surface area contributed by atoms with Gasteiger partial charge in [0.15, 0.2) is 0 Å². The number of amides is 1. The summed E-state index contributed by atoms with van der Waals surface area (Å²) in [6, 6.07) is 12.4. The van der Waals surface area contributed by atoms with Crippen LogP contribution in [0.3, 0.4) is 0 Å². The highest BCUT2D eigenvalue weighted by Gasteiger charge is 2.16. The molecule has 0 aliphatic carbocycles. The number of anilines is 2. The molecular formula is C18H22N2O3S. The van der Waals surface area contributed by atoms with Crippen molar-refractivity contribution in [2.24, 2.45) is 0 Å². The molecule has 0 saturated carbocycles. The van der Waals surface area contributed by atoms with Crippen molar-refractivity contribution in [3.05, 3.63) is 59.2 Å². The third-order valence-corrected chi connectivity index (χ3v) is 5.00. The molecule has 0 aliphatic heterocycles. The second-order valence-electron chi connectivity index (χ2n) is 5.75. The zero-order valence-electron chi connectivity index (χ0n) is 14.3. The standard InChI is InChI=1S/C18H22N2O3S/c1-5-20(24(4,22)23)16-9-7-15(8-10-16)18(21)19-17-11-6-13(2)12-14(17)3/h6-12H,5H2,1-4H3,(H,19,21). The van der Waals surface area contributed by atoms with E-state index in [9.17, 15) is 13.2 Å². The van der Waals surface area contributed by atoms with Crippen LogP contribution >= 0.6 is 0 Å². The van der Waals surface area contributed by atoms with Crippen molar-refractivity contribution in [1.82, 2.24) is 0 Å². The zero-order chi connectivity index (χ0) is 17.9. The average molecular weight is 346 g/mol. The van der Waals surface area contributed by atoms with Crippen LogP contribution in [0.2, 0.25) is 0 Å². The van der Waals surface area contributed by atoms with Gasteiger partial charge in [0, 0.05) is 17.8 Å². The second-order valence-corrected chi connectivity index (χ2v) is 7.65. The minimum absolute atomic E-state index is 0.226. The summed E-state index contributed by atoms with van der Waals surface area (Å²) in [7, 11) is -3.33. The van der Waals surface area contributed by atoms with Gasteiger partial charge < -0.3 is 5.32 Å². The maximum atomic E-state index is 12.4. The first kappa shape index (κ1) is 18.0. The lowest BCUT2D eigenvalue weighted by atomic mass is 10.1. The van der Waals surface area contributed by atoms with Gasteiger partial charge in [-0.05, 0) is 56.7 Å². The third kappa shape index (κ3) is 4.14. The minimum atomic E-state index is -3.33. The Kier molecular flexibility index (Phi) is 5.29. The Balaban J connectivity index is 2.19. The lowest BCUT2D eigenvalue weighted by molar-refractivity contribution is 0.102. The van der Waals surface area contributed by atoms with E-state index in [1.807, 2.05) is 32.0 Å². The number of rotatable bonds is 5. The lowest BCUT2D eigenvalue weighted by Gasteiger charge is -2.20. The van der Waals surface area contributed by atoms with Crippen molar-refractivity contribution in [1.29, 1.82) is 0 Å². The lowest BCUT2D eigenvalue weighted by Crippen LogP contribution is -2.29. The van der Waals surface area contributed by atoms with Gasteiger partial charge in [0.25, 0.3) is 5.91 Å². The Morgan fingerprint density at radius 2 is 1.71 bits per heavy atom. The molecule has 24 heavy (non-hydrogen) atoms. The maximum Gasteiger partial charge on any atom is 0.255 e. The van der Waals surface area contributed by atoms with Gasteiger partial charge in [-0.1, -0.05) is 17.7 Å². The number of hydrogen-bond donors (Lipinski definition) is 1. The topological polar surface area (TPSA) is 66.5 Å². The first-order valence-electron chi connectivity index (χ1n) is 7.68. The molecule has 2 rings (SSSR count). The molecule has 5 nitrogen and oxygen atoms in total. The summed E-state index contributed by atoms with van der Waals surface area (Å²) in [5, 5.41) is 2.88. The number of nitrogens with one attached hydrogen (secondary N) is 1. The molecule has 0 radical (unpaired) electrons. The molecule has 2 aromatic carbocycles. The van der Waals surface area contributed by atoms with Crippen LogP contribution in [-0.2, 0) is 10.0 Å². The Hall–Kier alpha value is -2.34. The summed E-state index contributed by atoms with van der Waals surface area (Å²) < 4.78 is 24.8. The van der Waals surface area contributed by atoms with Crippen molar-refractivity contribution in [3.8, 4) is 0 Å². The molecule has 128 valence electrons. The van der Waals surface area contributed by atoms with Gasteiger partial charge in [0.05, 0.1) is 11.9 Å². The molecular weight excluding hydrogens is 324 g/mol. The molecule has 1 amide bonds. The Morgan fingerprint density at radius 1 is 1.08 bits per heavy atom. The van der Waals surface area contributed by atoms with E-state index in [1.165, 1.54) is 4.31 Å². The zero-order valence-corrected chi connectivity index (χ0v) is 15.1. The molecule has 1 N–H and O–H groups in total. The summed E-state index contributed by atoms with van der Waals surface area (Å²) >= 11 is 0. The molecule has 0 fully saturated rings. The normalized spacial score (nSPS) is 11.2. The molecule has 0 aromatic heterocycles. The van der Waals surface area contributed by atoms with E-state index in [-0.39, 0.29) is 5.91 Å². The Morgan fingerprint density at radius 3 is 2.21 bits per heavy atom. The fourth-order valence-corrected chi connectivity index (χ4v) is 3.51. The van der Waals surface area contributed by atoms with Gasteiger partial charge in [-0.15, -0.1) is 0 Å². The van der Waals surface area contributed by atoms with E-state index < -0.39 is 10.0 Å². The number of sulfonamides is 1. The molecule has 6 heteroatoms. The van der Waals surface area contributed by atoms with Crippen LogP contribution in [0.4, 0.5) is 11.4 Å². The molecule has 0 heterocycles. The van der Waals surface area contributed by atoms with Gasteiger partial charge in [0.1, 0.15) is 0 Å². The SMILES string of the molecule is CCN(c1ccc(C(=O)Nc2ccc(C)cc2C)cc1)S(C)(=O)=O. The van der Waals surface area contributed by atoms with Crippen LogP contribution in [0.15, 0.2) is 42.5 Å². The van der Waals surface area contributed by atoms with Crippen LogP contribution in [-0.4, -0.2) is 27.1 Å². The highest BCUT2D eigenvalue weighted by atomic mass is 32.2. The molecule has 0 aliphatic rings. The summed E-state index contributed by atoms with van der Waals surface area (Å²) in [5.74, 6) is -0.226. The van der Waals surface area contributed by atoms with Crippen LogP contribution in [0.5, 0.6) is 0 Å². The summed E-state index contributed by atoms with van der Waals surface area (Å²) in [6.45, 7) is 6.05. The number of nitrogens with zero attached hydrogens (tertiary/aromatic N) is 1. The molecule has 2 aromatic rings. The van der Waals surface area contributed by atoms with E-state index in [2.05, 4.69) is 5.32 Å². The van der Waals surface area contributed by atoms with E-state index in [0.717, 1.165) is 23.1 Å². The average Bonchev–Trinajstić information content (AvgIpc) is 2.50. The predicted octanol–water partition coefficient (Wildman–Crippen LogP) is 3.34. The van der Waals surface area contributed by atoms with Crippen LogP contribution in [0, 0.1) is 13.8 Å². The van der Waals surface area contributed by atoms with Crippen molar-refractivity contribution < 1.29 is 13.2 Å². The summed E-state index contributed by atoms with van der Waals surface area (Å²) in [4.78, 5) is 12.4. The highest BCUT2D eigenvalue weighted by Crippen LogP contribution is 2.20. The smallest absolute Gasteiger partial charge is 0.255 e. The third-order valence-electron chi connectivity index (χ3n) is 3.74. The molecule has 0 unspecified atom stereocenters. The van der Waals surface area contributed by atoms with Gasteiger partial charge in [-0.2, -0.15) is 0 Å². The minimum Gasteiger partial charge on any atom is -0.322 e. The Bertz CT molecular complexity index is 843. The fraction of sp³-hybridized carbons (Fsp3) is 0.278. The van der Waals surface area contributed by atoms with Gasteiger partial charge in [0.2, 0.25) is 10.0 Å². The number of carbonyl (C=O) groups excluding carboxylic acids is 1. The van der Waals surface area contributed by atoms with Gasteiger partial charge in [-0.3, -0.25) is 9.10 Å². The molecule has 0 atom stereocenters. The monoisotopic (exact) mass is 346 g/mol. The maximum absolute atomic E-state index is 12.4. The largest absolute Gasteiger partial charge is 0.322 e.